The number of fused-ring (bicyclic) bond motifs is 1. The molecule has 6 heteroatoms. The lowest BCUT2D eigenvalue weighted by molar-refractivity contribution is -0.118. The zero-order chi connectivity index (χ0) is 24.5. The van der Waals surface area contributed by atoms with Crippen molar-refractivity contribution in [1.82, 2.24) is 4.90 Å². The molecule has 34 heavy (non-hydrogen) atoms. The summed E-state index contributed by atoms with van der Waals surface area (Å²) in [6.45, 7) is 12.4. The standard InChI is InChI=1S/C28H39N3O2S/c1-18-9-8-11-21(15-18)29-26(33)25-22-13-12-20(28(3,4)5)16-23(22)34-27(25)30-24(32)17-31-14-7-6-10-19(31)2/h8-9,11,15,19-20H,6-7,10,12-14,16-17H2,1-5H3,(H,29,33)(H,30,32)/t19-,20+/m1/s1. The number of carbonyl (C=O) groups is 2. The molecule has 0 radical (unpaired) electrons. The number of thiophene rings is 1. The molecule has 1 aliphatic carbocycles. The zero-order valence-electron chi connectivity index (χ0n) is 21.3. The molecule has 2 aromatic rings. The SMILES string of the molecule is Cc1cccc(NC(=O)c2c(NC(=O)CN3CCCC[C@H]3C)sc3c2CC[C@H](C(C)(C)C)C3)c1. The number of carbonyl (C=O) groups excluding carboxylic acids is 2. The highest BCUT2D eigenvalue weighted by Crippen LogP contribution is 2.44. The number of hydrogen-bond donors (Lipinski definition) is 2. The predicted molar refractivity (Wildman–Crippen MR) is 142 cm³/mol. The highest BCUT2D eigenvalue weighted by molar-refractivity contribution is 7.17. The molecule has 2 amide bonds. The summed E-state index contributed by atoms with van der Waals surface area (Å²) in [6, 6.07) is 8.28. The van der Waals surface area contributed by atoms with Gasteiger partial charge >= 0.3 is 0 Å². The van der Waals surface area contributed by atoms with Gasteiger partial charge in [0.1, 0.15) is 5.00 Å². The Hall–Kier alpha value is -2.18. The normalized spacial score (nSPS) is 21.1. The van der Waals surface area contributed by atoms with E-state index in [-0.39, 0.29) is 17.2 Å². The van der Waals surface area contributed by atoms with Gasteiger partial charge in [0.25, 0.3) is 5.91 Å². The second-order valence-electron chi connectivity index (χ2n) is 11.2. The van der Waals surface area contributed by atoms with Gasteiger partial charge in [-0.05, 0) is 87.1 Å². The van der Waals surface area contributed by atoms with Crippen LogP contribution in [0.3, 0.4) is 0 Å². The summed E-state index contributed by atoms with van der Waals surface area (Å²) in [4.78, 5) is 30.1. The minimum Gasteiger partial charge on any atom is -0.322 e. The number of amides is 2. The topological polar surface area (TPSA) is 61.4 Å². The molecular weight excluding hydrogens is 442 g/mol. The van der Waals surface area contributed by atoms with E-state index in [1.54, 1.807) is 11.3 Å². The Balaban J connectivity index is 1.59. The number of aryl methyl sites for hydroxylation is 1. The molecule has 1 aliphatic heterocycles. The van der Waals surface area contributed by atoms with Gasteiger partial charge in [-0.15, -0.1) is 11.3 Å². The summed E-state index contributed by atoms with van der Waals surface area (Å²) in [5.41, 5.74) is 3.89. The third kappa shape index (κ3) is 5.72. The quantitative estimate of drug-likeness (QED) is 0.529. The molecule has 0 unspecified atom stereocenters. The second kappa shape index (κ2) is 10.2. The first-order valence-corrected chi connectivity index (χ1v) is 13.5. The van der Waals surface area contributed by atoms with E-state index in [1.807, 2.05) is 31.2 Å². The van der Waals surface area contributed by atoms with Crippen LogP contribution in [0, 0.1) is 18.3 Å². The summed E-state index contributed by atoms with van der Waals surface area (Å²) in [5.74, 6) is 0.423. The molecule has 2 aliphatic rings. The average molecular weight is 482 g/mol. The van der Waals surface area contributed by atoms with Crippen molar-refractivity contribution in [2.24, 2.45) is 11.3 Å². The van der Waals surface area contributed by atoms with Gasteiger partial charge in [0.15, 0.2) is 0 Å². The van der Waals surface area contributed by atoms with Crippen LogP contribution >= 0.6 is 11.3 Å². The highest BCUT2D eigenvalue weighted by atomic mass is 32.1. The van der Waals surface area contributed by atoms with E-state index in [2.05, 4.69) is 43.2 Å². The van der Waals surface area contributed by atoms with Crippen LogP contribution < -0.4 is 10.6 Å². The maximum atomic E-state index is 13.5. The molecule has 1 aromatic carbocycles. The van der Waals surface area contributed by atoms with Crippen molar-refractivity contribution < 1.29 is 9.59 Å². The molecular formula is C28H39N3O2S. The van der Waals surface area contributed by atoms with Crippen LogP contribution in [0.15, 0.2) is 24.3 Å². The van der Waals surface area contributed by atoms with E-state index >= 15 is 0 Å². The minimum atomic E-state index is -0.126. The fraction of sp³-hybridized carbons (Fsp3) is 0.571. The van der Waals surface area contributed by atoms with Crippen LogP contribution in [-0.2, 0) is 17.6 Å². The van der Waals surface area contributed by atoms with Gasteiger partial charge in [-0.3, -0.25) is 14.5 Å². The van der Waals surface area contributed by atoms with Crippen LogP contribution in [0.2, 0.25) is 0 Å². The summed E-state index contributed by atoms with van der Waals surface area (Å²) in [7, 11) is 0. The number of piperidine rings is 1. The lowest BCUT2D eigenvalue weighted by Crippen LogP contribution is -2.42. The molecule has 2 heterocycles. The van der Waals surface area contributed by atoms with Crippen molar-refractivity contribution in [1.29, 1.82) is 0 Å². The minimum absolute atomic E-state index is 0.0238. The van der Waals surface area contributed by atoms with E-state index in [0.717, 1.165) is 55.5 Å². The Morgan fingerprint density at radius 1 is 1.15 bits per heavy atom. The largest absolute Gasteiger partial charge is 0.322 e. The first kappa shape index (κ1) is 24.9. The number of benzene rings is 1. The summed E-state index contributed by atoms with van der Waals surface area (Å²) in [5, 5.41) is 6.94. The molecule has 0 saturated carbocycles. The lowest BCUT2D eigenvalue weighted by Gasteiger charge is -2.33. The van der Waals surface area contributed by atoms with Gasteiger partial charge in [0, 0.05) is 16.6 Å². The molecule has 1 saturated heterocycles. The molecule has 2 atom stereocenters. The monoisotopic (exact) mass is 481 g/mol. The molecule has 5 nitrogen and oxygen atoms in total. The number of likely N-dealkylation sites (tertiary alicyclic amines) is 1. The molecule has 1 fully saturated rings. The van der Waals surface area contributed by atoms with Crippen LogP contribution in [0.4, 0.5) is 10.7 Å². The molecule has 0 bridgehead atoms. The zero-order valence-corrected chi connectivity index (χ0v) is 22.1. The van der Waals surface area contributed by atoms with Crippen molar-refractivity contribution in [2.45, 2.75) is 79.2 Å². The Labute approximate surface area is 208 Å². The van der Waals surface area contributed by atoms with Crippen LogP contribution in [0.5, 0.6) is 0 Å². The molecule has 4 rings (SSSR count). The van der Waals surface area contributed by atoms with E-state index < -0.39 is 0 Å². The molecule has 0 spiro atoms. The maximum Gasteiger partial charge on any atom is 0.258 e. The average Bonchev–Trinajstić information content (AvgIpc) is 3.11. The van der Waals surface area contributed by atoms with Gasteiger partial charge in [-0.1, -0.05) is 39.3 Å². The van der Waals surface area contributed by atoms with Crippen molar-refractivity contribution >= 4 is 33.8 Å². The van der Waals surface area contributed by atoms with Crippen molar-refractivity contribution in [2.75, 3.05) is 23.7 Å². The predicted octanol–water partition coefficient (Wildman–Crippen LogP) is 6.27. The van der Waals surface area contributed by atoms with E-state index in [0.29, 0.717) is 29.1 Å². The second-order valence-corrected chi connectivity index (χ2v) is 12.3. The number of rotatable bonds is 5. The Kier molecular flexibility index (Phi) is 7.48. The van der Waals surface area contributed by atoms with E-state index in [4.69, 9.17) is 0 Å². The van der Waals surface area contributed by atoms with E-state index in [1.165, 1.54) is 11.3 Å². The Bertz CT molecular complexity index is 1050. The Morgan fingerprint density at radius 3 is 2.65 bits per heavy atom. The third-order valence-electron chi connectivity index (χ3n) is 7.53. The Morgan fingerprint density at radius 2 is 1.94 bits per heavy atom. The number of hydrogen-bond acceptors (Lipinski definition) is 4. The summed E-state index contributed by atoms with van der Waals surface area (Å²) < 4.78 is 0. The number of anilines is 2. The fourth-order valence-corrected chi connectivity index (χ4v) is 6.65. The lowest BCUT2D eigenvalue weighted by atomic mass is 9.72. The van der Waals surface area contributed by atoms with Gasteiger partial charge in [-0.2, -0.15) is 0 Å². The molecule has 2 N–H and O–H groups in total. The third-order valence-corrected chi connectivity index (χ3v) is 8.70. The van der Waals surface area contributed by atoms with Crippen LogP contribution in [-0.4, -0.2) is 35.8 Å². The maximum absolute atomic E-state index is 13.5. The first-order valence-electron chi connectivity index (χ1n) is 12.7. The van der Waals surface area contributed by atoms with Crippen molar-refractivity contribution in [3.63, 3.8) is 0 Å². The van der Waals surface area contributed by atoms with Crippen LogP contribution in [0.1, 0.15) is 79.7 Å². The van der Waals surface area contributed by atoms with Crippen LogP contribution in [0.25, 0.3) is 0 Å². The highest BCUT2D eigenvalue weighted by Gasteiger charge is 2.34. The first-order chi connectivity index (χ1) is 16.1. The smallest absolute Gasteiger partial charge is 0.258 e. The number of nitrogens with one attached hydrogen (secondary N) is 2. The van der Waals surface area contributed by atoms with Crippen molar-refractivity contribution in [3.8, 4) is 0 Å². The van der Waals surface area contributed by atoms with Gasteiger partial charge in [-0.25, -0.2) is 0 Å². The van der Waals surface area contributed by atoms with Gasteiger partial charge in [0.05, 0.1) is 12.1 Å². The summed E-state index contributed by atoms with van der Waals surface area (Å²) >= 11 is 1.60. The molecule has 184 valence electrons. The molecule has 1 aromatic heterocycles. The van der Waals surface area contributed by atoms with Gasteiger partial charge < -0.3 is 10.6 Å². The fourth-order valence-electron chi connectivity index (χ4n) is 5.31. The van der Waals surface area contributed by atoms with Crippen molar-refractivity contribution in [3.05, 3.63) is 45.8 Å². The number of nitrogens with zero attached hydrogens (tertiary/aromatic N) is 1. The van der Waals surface area contributed by atoms with Gasteiger partial charge in [0.2, 0.25) is 5.91 Å². The summed E-state index contributed by atoms with van der Waals surface area (Å²) in [6.07, 6.45) is 6.42. The van der Waals surface area contributed by atoms with E-state index in [9.17, 15) is 9.59 Å².